The molecule has 6 heteroatoms. The molecule has 28 heavy (non-hydrogen) atoms. The molecule has 1 heterocycles. The number of esters is 1. The Morgan fingerprint density at radius 2 is 1.50 bits per heavy atom. The number of carbonyl (C=O) groups is 1. The number of carbonyl (C=O) groups excluding carboxylic acids is 1. The SMILES string of the molecule is C[C@H](OC(=O)c1cccnc1S[C@H](C)c1ccc(F)cc1)c1ccc(F)cc1. The molecule has 0 aliphatic heterocycles. The van der Waals surface area contributed by atoms with Crippen LogP contribution in [-0.4, -0.2) is 11.0 Å². The van der Waals surface area contributed by atoms with Crippen molar-refractivity contribution in [3.8, 4) is 0 Å². The first-order valence-electron chi connectivity index (χ1n) is 8.77. The first-order valence-corrected chi connectivity index (χ1v) is 9.65. The molecule has 0 amide bonds. The van der Waals surface area contributed by atoms with Crippen molar-refractivity contribution >= 4 is 17.7 Å². The maximum absolute atomic E-state index is 13.1. The number of benzene rings is 2. The summed E-state index contributed by atoms with van der Waals surface area (Å²) in [5, 5.41) is 0.507. The molecule has 0 radical (unpaired) electrons. The number of nitrogens with zero attached hydrogens (tertiary/aromatic N) is 1. The van der Waals surface area contributed by atoms with Crippen molar-refractivity contribution in [2.45, 2.75) is 30.2 Å². The second-order valence-corrected chi connectivity index (χ2v) is 7.60. The number of hydrogen-bond donors (Lipinski definition) is 0. The average molecular weight is 399 g/mol. The minimum atomic E-state index is -0.527. The van der Waals surface area contributed by atoms with E-state index in [-0.39, 0.29) is 16.9 Å². The second-order valence-electron chi connectivity index (χ2n) is 6.27. The van der Waals surface area contributed by atoms with Crippen LogP contribution in [0.5, 0.6) is 0 Å². The molecule has 2 aromatic carbocycles. The van der Waals surface area contributed by atoms with E-state index in [0.717, 1.165) is 5.56 Å². The molecule has 2 atom stereocenters. The van der Waals surface area contributed by atoms with Gasteiger partial charge in [0.05, 0.1) is 5.56 Å². The summed E-state index contributed by atoms with van der Waals surface area (Å²) in [4.78, 5) is 17.0. The lowest BCUT2D eigenvalue weighted by Gasteiger charge is -2.16. The number of aromatic nitrogens is 1. The van der Waals surface area contributed by atoms with E-state index in [4.69, 9.17) is 4.74 Å². The van der Waals surface area contributed by atoms with Gasteiger partial charge in [-0.1, -0.05) is 36.0 Å². The van der Waals surface area contributed by atoms with E-state index in [1.165, 1.54) is 36.0 Å². The quantitative estimate of drug-likeness (QED) is 0.369. The minimum Gasteiger partial charge on any atom is -0.454 e. The van der Waals surface area contributed by atoms with E-state index in [2.05, 4.69) is 4.98 Å². The fraction of sp³-hybridized carbons (Fsp3) is 0.182. The minimum absolute atomic E-state index is 0.0310. The highest BCUT2D eigenvalue weighted by Crippen LogP contribution is 2.36. The molecule has 0 aliphatic carbocycles. The summed E-state index contributed by atoms with van der Waals surface area (Å²) in [7, 11) is 0. The van der Waals surface area contributed by atoms with E-state index in [9.17, 15) is 13.6 Å². The molecule has 0 aliphatic rings. The standard InChI is InChI=1S/C22H19F2NO2S/c1-14(16-5-9-18(23)10-6-16)27-22(26)20-4-3-13-25-21(20)28-15(2)17-7-11-19(24)12-8-17/h3-15H,1-2H3/t14-,15+/m0/s1. The molecule has 0 fully saturated rings. The number of halogens is 2. The van der Waals surface area contributed by atoms with Gasteiger partial charge in [0.1, 0.15) is 22.8 Å². The van der Waals surface area contributed by atoms with Gasteiger partial charge in [-0.3, -0.25) is 0 Å². The van der Waals surface area contributed by atoms with Gasteiger partial charge in [0.25, 0.3) is 0 Å². The van der Waals surface area contributed by atoms with E-state index in [1.54, 1.807) is 49.5 Å². The van der Waals surface area contributed by atoms with Gasteiger partial charge in [-0.25, -0.2) is 18.6 Å². The maximum atomic E-state index is 13.1. The zero-order valence-electron chi connectivity index (χ0n) is 15.4. The van der Waals surface area contributed by atoms with Crippen LogP contribution < -0.4 is 0 Å². The summed E-state index contributed by atoms with van der Waals surface area (Å²) >= 11 is 1.40. The van der Waals surface area contributed by atoms with Crippen LogP contribution >= 0.6 is 11.8 Å². The number of rotatable bonds is 6. The highest BCUT2D eigenvalue weighted by atomic mass is 32.2. The summed E-state index contributed by atoms with van der Waals surface area (Å²) in [5.41, 5.74) is 1.99. The zero-order valence-corrected chi connectivity index (χ0v) is 16.2. The average Bonchev–Trinajstić information content (AvgIpc) is 2.69. The number of pyridine rings is 1. The Labute approximate surface area is 166 Å². The van der Waals surface area contributed by atoms with Crippen LogP contribution in [0, 0.1) is 11.6 Å². The van der Waals surface area contributed by atoms with E-state index in [1.807, 2.05) is 6.92 Å². The fourth-order valence-corrected chi connectivity index (χ4v) is 3.66. The molecule has 3 nitrogen and oxygen atoms in total. The zero-order chi connectivity index (χ0) is 20.1. The van der Waals surface area contributed by atoms with E-state index >= 15 is 0 Å². The Hall–Kier alpha value is -2.73. The van der Waals surface area contributed by atoms with Crippen LogP contribution in [-0.2, 0) is 4.74 Å². The van der Waals surface area contributed by atoms with Gasteiger partial charge in [-0.2, -0.15) is 0 Å². The van der Waals surface area contributed by atoms with E-state index < -0.39 is 12.1 Å². The van der Waals surface area contributed by atoms with Crippen molar-refractivity contribution < 1.29 is 18.3 Å². The number of thioether (sulfide) groups is 1. The van der Waals surface area contributed by atoms with Gasteiger partial charge in [-0.05, 0) is 61.4 Å². The third-order valence-electron chi connectivity index (χ3n) is 4.24. The van der Waals surface area contributed by atoms with Crippen molar-refractivity contribution in [2.75, 3.05) is 0 Å². The largest absolute Gasteiger partial charge is 0.454 e. The van der Waals surface area contributed by atoms with Crippen LogP contribution in [0.2, 0.25) is 0 Å². The number of ether oxygens (including phenoxy) is 1. The third-order valence-corrected chi connectivity index (χ3v) is 5.42. The molecule has 1 aromatic heterocycles. The summed E-state index contributed by atoms with van der Waals surface area (Å²) in [6.07, 6.45) is 1.08. The monoisotopic (exact) mass is 399 g/mol. The Morgan fingerprint density at radius 1 is 0.929 bits per heavy atom. The molecule has 3 aromatic rings. The lowest BCUT2D eigenvalue weighted by molar-refractivity contribution is 0.0332. The van der Waals surface area contributed by atoms with Crippen LogP contribution in [0.15, 0.2) is 71.9 Å². The molecule has 0 saturated carbocycles. The van der Waals surface area contributed by atoms with Gasteiger partial charge in [0.15, 0.2) is 0 Å². The molecule has 144 valence electrons. The molecular formula is C22H19F2NO2S. The van der Waals surface area contributed by atoms with Crippen molar-refractivity contribution in [3.05, 3.63) is 95.2 Å². The smallest absolute Gasteiger partial charge is 0.341 e. The summed E-state index contributed by atoms with van der Waals surface area (Å²) in [5.74, 6) is -1.14. The molecule has 0 saturated heterocycles. The first-order chi connectivity index (χ1) is 13.4. The van der Waals surface area contributed by atoms with Crippen LogP contribution in [0.1, 0.15) is 46.7 Å². The molecule has 0 bridgehead atoms. The van der Waals surface area contributed by atoms with Crippen molar-refractivity contribution in [1.82, 2.24) is 4.98 Å². The molecule has 0 spiro atoms. The molecule has 0 unspecified atom stereocenters. The molecule has 0 N–H and O–H groups in total. The summed E-state index contributed by atoms with van der Waals surface area (Å²) < 4.78 is 31.7. The number of hydrogen-bond acceptors (Lipinski definition) is 4. The lowest BCUT2D eigenvalue weighted by Crippen LogP contribution is -2.11. The van der Waals surface area contributed by atoms with Crippen molar-refractivity contribution in [2.24, 2.45) is 0 Å². The van der Waals surface area contributed by atoms with E-state index in [0.29, 0.717) is 16.2 Å². The fourth-order valence-electron chi connectivity index (χ4n) is 2.64. The summed E-state index contributed by atoms with van der Waals surface area (Å²) in [6.45, 7) is 3.69. The van der Waals surface area contributed by atoms with Gasteiger partial charge >= 0.3 is 5.97 Å². The molecular weight excluding hydrogens is 380 g/mol. The lowest BCUT2D eigenvalue weighted by atomic mass is 10.1. The topological polar surface area (TPSA) is 39.2 Å². The Bertz CT molecular complexity index is 946. The first kappa shape index (κ1) is 20.0. The van der Waals surface area contributed by atoms with Crippen LogP contribution in [0.25, 0.3) is 0 Å². The Morgan fingerprint density at radius 3 is 2.11 bits per heavy atom. The van der Waals surface area contributed by atoms with Crippen LogP contribution in [0.3, 0.4) is 0 Å². The predicted octanol–water partition coefficient (Wildman–Crippen LogP) is 6.13. The van der Waals surface area contributed by atoms with Gasteiger partial charge in [0.2, 0.25) is 0 Å². The Kier molecular flexibility index (Phi) is 6.41. The Balaban J connectivity index is 1.74. The normalized spacial score (nSPS) is 13.0. The second kappa shape index (κ2) is 8.97. The predicted molar refractivity (Wildman–Crippen MR) is 105 cm³/mol. The van der Waals surface area contributed by atoms with Gasteiger partial charge in [-0.15, -0.1) is 0 Å². The maximum Gasteiger partial charge on any atom is 0.341 e. The highest BCUT2D eigenvalue weighted by molar-refractivity contribution is 7.99. The molecule has 3 rings (SSSR count). The summed E-state index contributed by atoms with van der Waals surface area (Å²) in [6, 6.07) is 15.4. The third kappa shape index (κ3) is 4.95. The van der Waals surface area contributed by atoms with Crippen molar-refractivity contribution in [3.63, 3.8) is 0 Å². The van der Waals surface area contributed by atoms with Gasteiger partial charge < -0.3 is 4.74 Å². The van der Waals surface area contributed by atoms with Crippen LogP contribution in [0.4, 0.5) is 8.78 Å². The highest BCUT2D eigenvalue weighted by Gasteiger charge is 2.20. The van der Waals surface area contributed by atoms with Gasteiger partial charge in [0, 0.05) is 11.4 Å². The van der Waals surface area contributed by atoms with Crippen molar-refractivity contribution in [1.29, 1.82) is 0 Å².